The van der Waals surface area contributed by atoms with E-state index < -0.39 is 45.8 Å². The number of fused-ring (bicyclic) bond motifs is 1. The maximum Gasteiger partial charge on any atom is 0.311 e. The summed E-state index contributed by atoms with van der Waals surface area (Å²) in [7, 11) is -3.88. The zero-order chi connectivity index (χ0) is 32.7. The molecule has 0 saturated heterocycles. The van der Waals surface area contributed by atoms with Gasteiger partial charge in [-0.25, -0.2) is 8.78 Å². The lowest BCUT2D eigenvalue weighted by molar-refractivity contribution is 0.0755. The van der Waals surface area contributed by atoms with E-state index in [0.717, 1.165) is 31.0 Å². The van der Waals surface area contributed by atoms with E-state index in [1.54, 1.807) is 42.2 Å². The number of benzene rings is 3. The van der Waals surface area contributed by atoms with Gasteiger partial charge in [0, 0.05) is 42.4 Å². The van der Waals surface area contributed by atoms with E-state index in [1.165, 1.54) is 12.1 Å². The summed E-state index contributed by atoms with van der Waals surface area (Å²) in [5, 5.41) is 17.1. The van der Waals surface area contributed by atoms with Gasteiger partial charge < -0.3 is 24.8 Å². The zero-order valence-corrected chi connectivity index (χ0v) is 26.4. The lowest BCUT2D eigenvalue weighted by Crippen LogP contribution is -2.50. The highest BCUT2D eigenvalue weighted by atomic mass is 32.2. The Morgan fingerprint density at radius 3 is 2.31 bits per heavy atom. The summed E-state index contributed by atoms with van der Waals surface area (Å²) in [5.74, 6) is -2.60. The molecular weight excluding hydrogens is 604 g/mol. The van der Waals surface area contributed by atoms with E-state index >= 15 is 0 Å². The van der Waals surface area contributed by atoms with E-state index in [9.17, 15) is 31.9 Å². The van der Waals surface area contributed by atoms with Crippen LogP contribution in [0.3, 0.4) is 0 Å². The van der Waals surface area contributed by atoms with Gasteiger partial charge in [-0.3, -0.25) is 9.59 Å². The molecule has 3 N–H and O–H groups in total. The number of aliphatic hydroxyl groups is 1. The zero-order valence-electron chi connectivity index (χ0n) is 25.6. The molecule has 4 rings (SSSR count). The molecule has 0 aromatic heterocycles. The second kappa shape index (κ2) is 14.9. The minimum atomic E-state index is -3.88. The summed E-state index contributed by atoms with van der Waals surface area (Å²) in [6.45, 7) is 6.71. The van der Waals surface area contributed by atoms with Crippen molar-refractivity contribution in [1.29, 1.82) is 0 Å². The quantitative estimate of drug-likeness (QED) is 0.238. The molecule has 242 valence electrons. The topological polar surface area (TPSA) is 125 Å². The fraction of sp³-hybridized carbons (Fsp3) is 0.394. The molecular formula is C33H39F2N3O6S. The average molecular weight is 644 g/mol. The van der Waals surface area contributed by atoms with Crippen molar-refractivity contribution in [3.8, 4) is 5.75 Å². The number of carbonyl (C=O) groups is 2. The van der Waals surface area contributed by atoms with Crippen LogP contribution in [0.4, 0.5) is 8.78 Å². The Morgan fingerprint density at radius 2 is 1.64 bits per heavy atom. The molecule has 12 heteroatoms. The molecule has 9 nitrogen and oxygen atoms in total. The van der Waals surface area contributed by atoms with Crippen LogP contribution in [0.1, 0.15) is 70.1 Å². The molecule has 45 heavy (non-hydrogen) atoms. The first-order chi connectivity index (χ1) is 21.4. The number of aliphatic hydroxyl groups excluding tert-OH is 1. The number of nitrogens with zero attached hydrogens (tertiary/aromatic N) is 1. The SMILES string of the molecule is CCCN(CCC)C(=O)c1cc(C)cc(C(=O)NC(Cc2cc(F)cc(F)c2)C(O)CNC2CS(=O)(=O)Oc3ccccc32)c1. The number of hydrogen-bond acceptors (Lipinski definition) is 7. The van der Waals surface area contributed by atoms with Crippen LogP contribution in [0.25, 0.3) is 0 Å². The number of nitrogens with one attached hydrogen (secondary N) is 2. The van der Waals surface area contributed by atoms with Crippen LogP contribution >= 0.6 is 0 Å². The largest absolute Gasteiger partial charge is 0.390 e. The standard InChI is InChI=1S/C33H39F2N3O6S/c1-4-10-38(11-5-2)33(41)24-13-21(3)12-23(17-24)32(40)37-28(16-22-14-25(34)18-26(35)15-22)30(39)19-36-29-20-45(42,43)44-31-9-7-6-8-27(29)31/h6-9,12-15,17-18,28-30,36,39H,4-5,10-11,16,19-20H2,1-3H3,(H,37,40). The molecule has 1 aliphatic rings. The molecule has 0 aliphatic carbocycles. The predicted octanol–water partition coefficient (Wildman–Crippen LogP) is 4.29. The molecule has 0 spiro atoms. The third-order valence-corrected chi connectivity index (χ3v) is 8.65. The van der Waals surface area contributed by atoms with Crippen LogP contribution in [0, 0.1) is 18.6 Å². The molecule has 0 fully saturated rings. The van der Waals surface area contributed by atoms with E-state index in [2.05, 4.69) is 10.6 Å². The van der Waals surface area contributed by atoms with Crippen LogP contribution in [0.15, 0.2) is 60.7 Å². The normalized spacial score (nSPS) is 16.6. The molecule has 3 unspecified atom stereocenters. The predicted molar refractivity (Wildman–Crippen MR) is 167 cm³/mol. The van der Waals surface area contributed by atoms with Gasteiger partial charge in [-0.15, -0.1) is 0 Å². The monoisotopic (exact) mass is 643 g/mol. The molecule has 2 amide bonds. The van der Waals surface area contributed by atoms with Gasteiger partial charge in [0.2, 0.25) is 0 Å². The van der Waals surface area contributed by atoms with Gasteiger partial charge in [-0.2, -0.15) is 8.42 Å². The second-order valence-electron chi connectivity index (χ2n) is 11.3. The van der Waals surface area contributed by atoms with Crippen LogP contribution in [0.5, 0.6) is 5.75 Å². The first-order valence-electron chi connectivity index (χ1n) is 15.0. The minimum Gasteiger partial charge on any atom is -0.390 e. The summed E-state index contributed by atoms with van der Waals surface area (Å²) < 4.78 is 57.9. The molecule has 0 radical (unpaired) electrons. The smallest absolute Gasteiger partial charge is 0.311 e. The maximum absolute atomic E-state index is 14.0. The molecule has 0 bridgehead atoms. The molecule has 3 atom stereocenters. The third kappa shape index (κ3) is 9.09. The molecule has 1 heterocycles. The molecule has 1 aliphatic heterocycles. The Bertz CT molecular complexity index is 1610. The number of aryl methyl sites for hydroxylation is 1. The van der Waals surface area contributed by atoms with Gasteiger partial charge in [0.1, 0.15) is 23.1 Å². The van der Waals surface area contributed by atoms with Gasteiger partial charge in [-0.1, -0.05) is 32.0 Å². The first-order valence-corrected chi connectivity index (χ1v) is 16.6. The number of carbonyl (C=O) groups excluding carboxylic acids is 2. The van der Waals surface area contributed by atoms with Crippen LogP contribution in [-0.2, 0) is 16.5 Å². The fourth-order valence-corrected chi connectivity index (χ4v) is 6.67. The lowest BCUT2D eigenvalue weighted by Gasteiger charge is -2.29. The summed E-state index contributed by atoms with van der Waals surface area (Å²) >= 11 is 0. The minimum absolute atomic E-state index is 0.135. The maximum atomic E-state index is 14.0. The van der Waals surface area contributed by atoms with Crippen molar-refractivity contribution >= 4 is 21.9 Å². The number of hydrogen-bond donors (Lipinski definition) is 3. The Hall–Kier alpha value is -3.87. The average Bonchev–Trinajstić information content (AvgIpc) is 2.97. The second-order valence-corrected chi connectivity index (χ2v) is 12.9. The summed E-state index contributed by atoms with van der Waals surface area (Å²) in [4.78, 5) is 28.6. The Morgan fingerprint density at radius 1 is 1.00 bits per heavy atom. The van der Waals surface area contributed by atoms with Gasteiger partial charge in [0.05, 0.1) is 18.2 Å². The van der Waals surface area contributed by atoms with Crippen LogP contribution in [-0.4, -0.2) is 67.8 Å². The Labute approximate surface area is 262 Å². The molecule has 3 aromatic carbocycles. The summed E-state index contributed by atoms with van der Waals surface area (Å²) in [6, 6.07) is 12.6. The van der Waals surface area contributed by atoms with E-state index in [-0.39, 0.29) is 41.5 Å². The first kappa shape index (κ1) is 34.0. The van der Waals surface area contributed by atoms with Gasteiger partial charge >= 0.3 is 10.1 Å². The van der Waals surface area contributed by atoms with Crippen molar-refractivity contribution in [3.63, 3.8) is 0 Å². The van der Waals surface area contributed by atoms with Crippen molar-refractivity contribution in [2.75, 3.05) is 25.4 Å². The Balaban J connectivity index is 1.58. The highest BCUT2D eigenvalue weighted by molar-refractivity contribution is 7.87. The van der Waals surface area contributed by atoms with Gasteiger partial charge in [0.25, 0.3) is 11.8 Å². The van der Waals surface area contributed by atoms with Gasteiger partial charge in [0.15, 0.2) is 0 Å². The number of halogens is 2. The summed E-state index contributed by atoms with van der Waals surface area (Å²) in [5.41, 5.74) is 2.01. The summed E-state index contributed by atoms with van der Waals surface area (Å²) in [6.07, 6.45) is 0.118. The van der Waals surface area contributed by atoms with E-state index in [1.807, 2.05) is 13.8 Å². The van der Waals surface area contributed by atoms with Crippen molar-refractivity contribution < 1.29 is 36.1 Å². The van der Waals surface area contributed by atoms with E-state index in [0.29, 0.717) is 29.8 Å². The fourth-order valence-electron chi connectivity index (χ4n) is 5.48. The van der Waals surface area contributed by atoms with E-state index in [4.69, 9.17) is 4.18 Å². The number of para-hydroxylation sites is 1. The van der Waals surface area contributed by atoms with Crippen molar-refractivity contribution in [3.05, 3.63) is 100 Å². The lowest BCUT2D eigenvalue weighted by atomic mass is 9.98. The van der Waals surface area contributed by atoms with Crippen LogP contribution < -0.4 is 14.8 Å². The number of amides is 2. The van der Waals surface area contributed by atoms with Crippen LogP contribution in [0.2, 0.25) is 0 Å². The third-order valence-electron chi connectivity index (χ3n) is 7.48. The highest BCUT2D eigenvalue weighted by Gasteiger charge is 2.32. The van der Waals surface area contributed by atoms with Crippen molar-refractivity contribution in [2.24, 2.45) is 0 Å². The molecule has 0 saturated carbocycles. The van der Waals surface area contributed by atoms with Crippen molar-refractivity contribution in [1.82, 2.24) is 15.5 Å². The number of rotatable bonds is 13. The van der Waals surface area contributed by atoms with Gasteiger partial charge in [-0.05, 0) is 73.7 Å². The highest BCUT2D eigenvalue weighted by Crippen LogP contribution is 2.32. The molecule has 3 aromatic rings. The van der Waals surface area contributed by atoms with Crippen molar-refractivity contribution in [2.45, 2.75) is 58.2 Å². The Kier molecular flexibility index (Phi) is 11.3.